The van der Waals surface area contributed by atoms with E-state index >= 15 is 0 Å². The van der Waals surface area contributed by atoms with Crippen molar-refractivity contribution in [3.05, 3.63) is 68.2 Å². The zero-order chi connectivity index (χ0) is 23.5. The Balaban J connectivity index is 2.15. The molecule has 2 heterocycles. The van der Waals surface area contributed by atoms with Gasteiger partial charge in [-0.05, 0) is 24.3 Å². The third-order valence-electron chi connectivity index (χ3n) is 4.04. The van der Waals surface area contributed by atoms with Crippen LogP contribution in [0.1, 0.15) is 22.5 Å². The predicted molar refractivity (Wildman–Crippen MR) is 103 cm³/mol. The first kappa shape index (κ1) is 23.0. The number of nitriles is 1. The molecule has 0 saturated carbocycles. The van der Waals surface area contributed by atoms with Crippen LogP contribution in [0.2, 0.25) is 5.02 Å². The summed E-state index contributed by atoms with van der Waals surface area (Å²) in [5.74, 6) is -0.126. The molecule has 0 radical (unpaired) electrons. The summed E-state index contributed by atoms with van der Waals surface area (Å²) in [7, 11) is 1.28. The molecule has 0 aliphatic heterocycles. The lowest BCUT2D eigenvalue weighted by Crippen LogP contribution is -2.26. The molecule has 0 atom stereocenters. The largest absolute Gasteiger partial charge is 0.480 e. The van der Waals surface area contributed by atoms with E-state index in [-0.39, 0.29) is 40.0 Å². The number of aromatic nitrogens is 4. The van der Waals surface area contributed by atoms with Gasteiger partial charge in [-0.2, -0.15) is 23.4 Å². The molecule has 0 spiro atoms. The Morgan fingerprint density at radius 1 is 1.22 bits per heavy atom. The molecular weight excluding hydrogens is 455 g/mol. The number of hydrogen-bond donors (Lipinski definition) is 1. The lowest BCUT2D eigenvalue weighted by Gasteiger charge is -2.16. The Morgan fingerprint density at radius 2 is 1.97 bits per heavy atom. The molecule has 0 amide bonds. The minimum Gasteiger partial charge on any atom is -0.480 e. The SMILES string of the molecule is COc1nnc(CO)cc1Cn1c(Oc2cc(Cl)cc(C#N)c2)nc(C(F)(F)F)cc1=O. The molecule has 3 aromatic rings. The van der Waals surface area contributed by atoms with Crippen molar-refractivity contribution in [1.29, 1.82) is 5.26 Å². The molecule has 9 nitrogen and oxygen atoms in total. The van der Waals surface area contributed by atoms with Crippen molar-refractivity contribution in [2.45, 2.75) is 19.3 Å². The van der Waals surface area contributed by atoms with Gasteiger partial charge >= 0.3 is 12.2 Å². The number of aliphatic hydroxyl groups excluding tert-OH is 1. The molecule has 0 saturated heterocycles. The van der Waals surface area contributed by atoms with Crippen LogP contribution in [0.25, 0.3) is 0 Å². The van der Waals surface area contributed by atoms with Crippen molar-refractivity contribution in [2.75, 3.05) is 7.11 Å². The summed E-state index contributed by atoms with van der Waals surface area (Å²) >= 11 is 5.92. The van der Waals surface area contributed by atoms with Crippen LogP contribution in [0.5, 0.6) is 17.6 Å². The Morgan fingerprint density at radius 3 is 2.59 bits per heavy atom. The Bertz CT molecular complexity index is 1260. The van der Waals surface area contributed by atoms with Crippen LogP contribution < -0.4 is 15.0 Å². The molecule has 2 aromatic heterocycles. The highest BCUT2D eigenvalue weighted by molar-refractivity contribution is 6.30. The van der Waals surface area contributed by atoms with E-state index in [9.17, 15) is 23.1 Å². The van der Waals surface area contributed by atoms with Crippen molar-refractivity contribution >= 4 is 11.6 Å². The molecular formula is C19H13ClF3N5O4. The summed E-state index contributed by atoms with van der Waals surface area (Å²) in [5, 5.41) is 25.9. The second-order valence-electron chi connectivity index (χ2n) is 6.26. The maximum atomic E-state index is 13.2. The Kier molecular flexibility index (Phi) is 6.61. The first-order chi connectivity index (χ1) is 15.1. The zero-order valence-electron chi connectivity index (χ0n) is 16.2. The molecule has 0 fully saturated rings. The van der Waals surface area contributed by atoms with Crippen molar-refractivity contribution in [3.8, 4) is 23.7 Å². The second-order valence-corrected chi connectivity index (χ2v) is 6.70. The van der Waals surface area contributed by atoms with Crippen molar-refractivity contribution in [3.63, 3.8) is 0 Å². The van der Waals surface area contributed by atoms with Gasteiger partial charge in [0.1, 0.15) is 5.75 Å². The molecule has 0 bridgehead atoms. The summed E-state index contributed by atoms with van der Waals surface area (Å²) in [6.07, 6.45) is -4.91. The Labute approximate surface area is 183 Å². The fraction of sp³-hybridized carbons (Fsp3) is 0.211. The normalized spacial score (nSPS) is 11.2. The van der Waals surface area contributed by atoms with Gasteiger partial charge in [0.05, 0.1) is 37.6 Å². The summed E-state index contributed by atoms with van der Waals surface area (Å²) in [5.41, 5.74) is -2.09. The van der Waals surface area contributed by atoms with Crippen LogP contribution >= 0.6 is 11.6 Å². The lowest BCUT2D eigenvalue weighted by molar-refractivity contribution is -0.141. The van der Waals surface area contributed by atoms with E-state index in [4.69, 9.17) is 26.3 Å². The smallest absolute Gasteiger partial charge is 0.433 e. The third kappa shape index (κ3) is 5.13. The molecule has 1 N–H and O–H groups in total. The molecule has 0 aliphatic rings. The summed E-state index contributed by atoms with van der Waals surface area (Å²) < 4.78 is 51.1. The minimum atomic E-state index is -4.91. The number of methoxy groups -OCH3 is 1. The number of rotatable bonds is 6. The van der Waals surface area contributed by atoms with Crippen LogP contribution in [0.3, 0.4) is 0 Å². The average molecular weight is 468 g/mol. The fourth-order valence-corrected chi connectivity index (χ4v) is 2.87. The predicted octanol–water partition coefficient (Wildman–Crippen LogP) is 2.92. The van der Waals surface area contributed by atoms with Gasteiger partial charge in [-0.1, -0.05) is 11.6 Å². The van der Waals surface area contributed by atoms with Gasteiger partial charge in [0.2, 0.25) is 5.88 Å². The molecule has 166 valence electrons. The maximum Gasteiger partial charge on any atom is 0.433 e. The quantitative estimate of drug-likeness (QED) is 0.587. The van der Waals surface area contributed by atoms with E-state index in [1.54, 1.807) is 0 Å². The Hall–Kier alpha value is -3.69. The highest BCUT2D eigenvalue weighted by Gasteiger charge is 2.34. The van der Waals surface area contributed by atoms with Gasteiger partial charge in [-0.25, -0.2) is 0 Å². The maximum absolute atomic E-state index is 13.2. The molecule has 32 heavy (non-hydrogen) atoms. The van der Waals surface area contributed by atoms with Crippen LogP contribution in [0.15, 0.2) is 35.1 Å². The van der Waals surface area contributed by atoms with Gasteiger partial charge < -0.3 is 14.6 Å². The van der Waals surface area contributed by atoms with Gasteiger partial charge in [0.15, 0.2) is 5.69 Å². The van der Waals surface area contributed by atoms with E-state index in [1.807, 2.05) is 6.07 Å². The van der Waals surface area contributed by atoms with Gasteiger partial charge in [0.25, 0.3) is 5.56 Å². The minimum absolute atomic E-state index is 0.0190. The lowest BCUT2D eigenvalue weighted by atomic mass is 10.2. The number of aliphatic hydroxyl groups is 1. The fourth-order valence-electron chi connectivity index (χ4n) is 2.64. The van der Waals surface area contributed by atoms with E-state index in [0.29, 0.717) is 6.07 Å². The molecule has 0 aliphatic carbocycles. The van der Waals surface area contributed by atoms with Crippen LogP contribution in [-0.4, -0.2) is 32.0 Å². The van der Waals surface area contributed by atoms with Gasteiger partial charge in [0, 0.05) is 16.7 Å². The van der Waals surface area contributed by atoms with E-state index in [0.717, 1.165) is 4.57 Å². The monoisotopic (exact) mass is 467 g/mol. The summed E-state index contributed by atoms with van der Waals surface area (Å²) in [6.45, 7) is -0.830. The van der Waals surface area contributed by atoms with E-state index in [1.165, 1.54) is 31.4 Å². The first-order valence-corrected chi connectivity index (χ1v) is 9.10. The standard InChI is InChI=1S/C19H13ClF3N5O4/c1-31-17-11(4-13(9-29)26-27-17)8-28-16(30)6-15(19(21,22)23)25-18(28)32-14-3-10(7-24)2-12(20)5-14/h2-6,29H,8-9H2,1H3. The van der Waals surface area contributed by atoms with Crippen molar-refractivity contribution < 1.29 is 27.8 Å². The molecule has 13 heteroatoms. The number of ether oxygens (including phenoxy) is 2. The van der Waals surface area contributed by atoms with Crippen LogP contribution in [-0.2, 0) is 19.3 Å². The highest BCUT2D eigenvalue weighted by Crippen LogP contribution is 2.30. The first-order valence-electron chi connectivity index (χ1n) is 8.72. The average Bonchev–Trinajstić information content (AvgIpc) is 2.74. The van der Waals surface area contributed by atoms with Crippen LogP contribution in [0.4, 0.5) is 13.2 Å². The number of hydrogen-bond acceptors (Lipinski definition) is 8. The van der Waals surface area contributed by atoms with Crippen molar-refractivity contribution in [2.24, 2.45) is 0 Å². The molecule has 0 unspecified atom stereocenters. The van der Waals surface area contributed by atoms with Crippen molar-refractivity contribution in [1.82, 2.24) is 19.7 Å². The molecule has 3 rings (SSSR count). The number of benzene rings is 1. The zero-order valence-corrected chi connectivity index (χ0v) is 17.0. The molecule has 1 aromatic carbocycles. The van der Waals surface area contributed by atoms with E-state index in [2.05, 4.69) is 15.2 Å². The number of halogens is 4. The third-order valence-corrected chi connectivity index (χ3v) is 4.26. The summed E-state index contributed by atoms with van der Waals surface area (Å²) in [6, 6.07) is 6.61. The second kappa shape index (κ2) is 9.21. The summed E-state index contributed by atoms with van der Waals surface area (Å²) in [4.78, 5) is 16.0. The van der Waals surface area contributed by atoms with Gasteiger partial charge in [-0.3, -0.25) is 9.36 Å². The topological polar surface area (TPSA) is 123 Å². The number of nitrogens with zero attached hydrogens (tertiary/aromatic N) is 5. The highest BCUT2D eigenvalue weighted by atomic mass is 35.5. The van der Waals surface area contributed by atoms with Crippen LogP contribution in [0, 0.1) is 11.3 Å². The number of alkyl halides is 3. The van der Waals surface area contributed by atoms with E-state index < -0.39 is 30.0 Å². The van der Waals surface area contributed by atoms with Gasteiger partial charge in [-0.15, -0.1) is 10.2 Å².